The number of halogens is 3. The van der Waals surface area contributed by atoms with Gasteiger partial charge in [0.1, 0.15) is 11.6 Å². The highest BCUT2D eigenvalue weighted by molar-refractivity contribution is 6.30. The van der Waals surface area contributed by atoms with Crippen molar-refractivity contribution in [3.8, 4) is 0 Å². The molecule has 0 spiro atoms. The van der Waals surface area contributed by atoms with E-state index in [1.165, 1.54) is 12.1 Å². The van der Waals surface area contributed by atoms with Gasteiger partial charge in [-0.15, -0.1) is 0 Å². The van der Waals surface area contributed by atoms with E-state index >= 15 is 0 Å². The van der Waals surface area contributed by atoms with Crippen molar-refractivity contribution in [2.45, 2.75) is 13.1 Å². The molecule has 1 nitrogen and oxygen atoms in total. The van der Waals surface area contributed by atoms with Crippen LogP contribution < -0.4 is 5.32 Å². The number of nitrogens with one attached hydrogen (secondary N) is 1. The van der Waals surface area contributed by atoms with Gasteiger partial charge in [-0.05, 0) is 23.8 Å². The third-order valence-electron chi connectivity index (χ3n) is 2.57. The lowest BCUT2D eigenvalue weighted by Crippen LogP contribution is -2.13. The van der Waals surface area contributed by atoms with E-state index in [1.807, 2.05) is 12.1 Å². The summed E-state index contributed by atoms with van der Waals surface area (Å²) in [7, 11) is 0. The van der Waals surface area contributed by atoms with Gasteiger partial charge < -0.3 is 5.32 Å². The monoisotopic (exact) mass is 267 g/mol. The lowest BCUT2D eigenvalue weighted by atomic mass is 10.2. The summed E-state index contributed by atoms with van der Waals surface area (Å²) in [5.41, 5.74) is 1.51. The first-order valence-electron chi connectivity index (χ1n) is 5.54. The van der Waals surface area contributed by atoms with Crippen LogP contribution in [0.1, 0.15) is 11.1 Å². The fraction of sp³-hybridized carbons (Fsp3) is 0.143. The molecular weight excluding hydrogens is 256 g/mol. The molecule has 4 heteroatoms. The van der Waals surface area contributed by atoms with Crippen molar-refractivity contribution in [2.24, 2.45) is 0 Å². The molecule has 18 heavy (non-hydrogen) atoms. The Kier molecular flexibility index (Phi) is 4.28. The normalized spacial score (nSPS) is 10.6. The smallest absolute Gasteiger partial charge is 0.130 e. The van der Waals surface area contributed by atoms with Crippen molar-refractivity contribution >= 4 is 11.6 Å². The second-order valence-corrected chi connectivity index (χ2v) is 4.40. The average molecular weight is 268 g/mol. The lowest BCUT2D eigenvalue weighted by Gasteiger charge is -2.06. The van der Waals surface area contributed by atoms with Crippen LogP contribution in [0.3, 0.4) is 0 Å². The Bertz CT molecular complexity index is 526. The third kappa shape index (κ3) is 3.52. The van der Waals surface area contributed by atoms with Gasteiger partial charge in [-0.3, -0.25) is 0 Å². The van der Waals surface area contributed by atoms with E-state index in [0.29, 0.717) is 23.7 Å². The molecule has 0 aliphatic carbocycles. The van der Waals surface area contributed by atoms with Gasteiger partial charge in [0.15, 0.2) is 0 Å². The minimum atomic E-state index is -0.561. The maximum Gasteiger partial charge on any atom is 0.130 e. The number of hydrogen-bond donors (Lipinski definition) is 1. The highest BCUT2D eigenvalue weighted by Gasteiger charge is 2.03. The van der Waals surface area contributed by atoms with Crippen LogP contribution in [0.4, 0.5) is 8.78 Å². The van der Waals surface area contributed by atoms with Crippen LogP contribution >= 0.6 is 11.6 Å². The van der Waals surface area contributed by atoms with Crippen molar-refractivity contribution in [1.82, 2.24) is 5.32 Å². The average Bonchev–Trinajstić information content (AvgIpc) is 2.34. The molecule has 2 aromatic rings. The second kappa shape index (κ2) is 5.94. The summed E-state index contributed by atoms with van der Waals surface area (Å²) in [6.45, 7) is 0.961. The van der Waals surface area contributed by atoms with E-state index in [2.05, 4.69) is 5.32 Å². The molecule has 0 bridgehead atoms. The molecular formula is C14H12ClF2N. The predicted octanol–water partition coefficient (Wildman–Crippen LogP) is 3.91. The van der Waals surface area contributed by atoms with E-state index < -0.39 is 11.6 Å². The largest absolute Gasteiger partial charge is 0.309 e. The first-order chi connectivity index (χ1) is 8.65. The second-order valence-electron chi connectivity index (χ2n) is 3.97. The minimum Gasteiger partial charge on any atom is -0.309 e. The van der Waals surface area contributed by atoms with Gasteiger partial charge >= 0.3 is 0 Å². The van der Waals surface area contributed by atoms with Gasteiger partial charge in [-0.2, -0.15) is 0 Å². The number of benzene rings is 2. The minimum absolute atomic E-state index is 0.356. The summed E-state index contributed by atoms with van der Waals surface area (Å²) in [4.78, 5) is 0. The number of rotatable bonds is 4. The van der Waals surface area contributed by atoms with Gasteiger partial charge in [0.2, 0.25) is 0 Å². The highest BCUT2D eigenvalue weighted by Crippen LogP contribution is 2.11. The van der Waals surface area contributed by atoms with Gasteiger partial charge in [-0.1, -0.05) is 29.8 Å². The van der Waals surface area contributed by atoms with Gasteiger partial charge in [0.05, 0.1) is 0 Å². The van der Waals surface area contributed by atoms with E-state index in [-0.39, 0.29) is 0 Å². The molecule has 0 fully saturated rings. The van der Waals surface area contributed by atoms with Crippen molar-refractivity contribution in [1.29, 1.82) is 0 Å². The van der Waals surface area contributed by atoms with Crippen molar-refractivity contribution in [3.05, 3.63) is 70.2 Å². The molecule has 1 N–H and O–H groups in total. The Morgan fingerprint density at radius 2 is 1.67 bits per heavy atom. The van der Waals surface area contributed by atoms with Gasteiger partial charge in [0.25, 0.3) is 0 Å². The van der Waals surface area contributed by atoms with Crippen molar-refractivity contribution < 1.29 is 8.78 Å². The SMILES string of the molecule is Fc1ccc(CNCc2ccc(Cl)cc2)c(F)c1. The zero-order valence-corrected chi connectivity index (χ0v) is 10.3. The molecule has 0 unspecified atom stereocenters. The van der Waals surface area contributed by atoms with Crippen LogP contribution in [0, 0.1) is 11.6 Å². The summed E-state index contributed by atoms with van der Waals surface area (Å²) in [6, 6.07) is 11.0. The molecule has 0 aliphatic rings. The predicted molar refractivity (Wildman–Crippen MR) is 68.4 cm³/mol. The molecule has 0 radical (unpaired) electrons. The Morgan fingerprint density at radius 1 is 0.944 bits per heavy atom. The molecule has 0 atom stereocenters. The highest BCUT2D eigenvalue weighted by atomic mass is 35.5. The van der Waals surface area contributed by atoms with Crippen LogP contribution in [0.25, 0.3) is 0 Å². The third-order valence-corrected chi connectivity index (χ3v) is 2.82. The maximum atomic E-state index is 13.3. The summed E-state index contributed by atoms with van der Waals surface area (Å²) >= 11 is 5.77. The molecule has 2 rings (SSSR count). The van der Waals surface area contributed by atoms with Crippen LogP contribution in [0.5, 0.6) is 0 Å². The fourth-order valence-electron chi connectivity index (χ4n) is 1.61. The van der Waals surface area contributed by atoms with E-state index in [4.69, 9.17) is 11.6 Å². The van der Waals surface area contributed by atoms with Gasteiger partial charge in [0, 0.05) is 29.7 Å². The first-order valence-corrected chi connectivity index (χ1v) is 5.92. The molecule has 0 heterocycles. The molecule has 0 saturated heterocycles. The molecule has 0 saturated carbocycles. The van der Waals surface area contributed by atoms with E-state index in [1.54, 1.807) is 12.1 Å². The Hall–Kier alpha value is -1.45. The van der Waals surface area contributed by atoms with Crippen LogP contribution in [-0.2, 0) is 13.1 Å². The maximum absolute atomic E-state index is 13.3. The Balaban J connectivity index is 1.90. The topological polar surface area (TPSA) is 12.0 Å². The summed E-state index contributed by atoms with van der Waals surface area (Å²) in [5.74, 6) is -1.09. The molecule has 2 aromatic carbocycles. The van der Waals surface area contributed by atoms with Crippen LogP contribution in [-0.4, -0.2) is 0 Å². The zero-order chi connectivity index (χ0) is 13.0. The van der Waals surface area contributed by atoms with E-state index in [9.17, 15) is 8.78 Å². The molecule has 0 amide bonds. The lowest BCUT2D eigenvalue weighted by molar-refractivity contribution is 0.560. The van der Waals surface area contributed by atoms with Gasteiger partial charge in [-0.25, -0.2) is 8.78 Å². The quantitative estimate of drug-likeness (QED) is 0.886. The summed E-state index contributed by atoms with van der Waals surface area (Å²) in [6.07, 6.45) is 0. The van der Waals surface area contributed by atoms with Crippen molar-refractivity contribution in [3.63, 3.8) is 0 Å². The van der Waals surface area contributed by atoms with Crippen molar-refractivity contribution in [2.75, 3.05) is 0 Å². The van der Waals surface area contributed by atoms with Crippen LogP contribution in [0.2, 0.25) is 5.02 Å². The molecule has 94 valence electrons. The fourth-order valence-corrected chi connectivity index (χ4v) is 1.73. The Morgan fingerprint density at radius 3 is 2.33 bits per heavy atom. The van der Waals surface area contributed by atoms with Crippen LogP contribution in [0.15, 0.2) is 42.5 Å². The van der Waals surface area contributed by atoms with E-state index in [0.717, 1.165) is 11.6 Å². The first kappa shape index (κ1) is 13.0. The standard InChI is InChI=1S/C14H12ClF2N/c15-12-4-1-10(2-5-12)8-18-9-11-3-6-13(16)7-14(11)17/h1-7,18H,8-9H2. The Labute approximate surface area is 109 Å². The number of hydrogen-bond acceptors (Lipinski definition) is 1. The molecule has 0 aromatic heterocycles. The summed E-state index contributed by atoms with van der Waals surface area (Å²) in [5, 5.41) is 3.78. The molecule has 0 aliphatic heterocycles. The summed E-state index contributed by atoms with van der Waals surface area (Å²) < 4.78 is 26.0. The zero-order valence-electron chi connectivity index (χ0n) is 9.59.